The molecule has 4 rings (SSSR count). The monoisotopic (exact) mass is 591 g/mol. The second-order valence-electron chi connectivity index (χ2n) is 11.3. The molecule has 2 aliphatic rings. The van der Waals surface area contributed by atoms with E-state index in [1.165, 1.54) is 40.7 Å². The number of halogens is 2. The highest BCUT2D eigenvalue weighted by Gasteiger charge is 2.35. The zero-order chi connectivity index (χ0) is 28.9. The molecule has 1 aliphatic heterocycles. The Hall–Kier alpha value is -2.49. The van der Waals surface area contributed by atoms with Gasteiger partial charge in [-0.1, -0.05) is 50.4 Å². The van der Waals surface area contributed by atoms with Crippen LogP contribution in [0.1, 0.15) is 57.9 Å². The summed E-state index contributed by atoms with van der Waals surface area (Å²) in [5.41, 5.74) is 0.759. The maximum absolute atomic E-state index is 13.9. The molecule has 0 atom stereocenters. The normalized spacial score (nSPS) is 17.1. The Morgan fingerprint density at radius 3 is 2.15 bits per heavy atom. The minimum atomic E-state index is -3.96. The molecule has 2 amide bonds. The average molecular weight is 592 g/mol. The summed E-state index contributed by atoms with van der Waals surface area (Å²) in [6, 6.07) is 11.8. The van der Waals surface area contributed by atoms with E-state index in [0.29, 0.717) is 31.0 Å². The standard InChI is InChI=1S/C30H39ClFN3O4S/c1-22(2)19-34(40(38,39)28-13-9-25(31)10-14-28)21-29(36)35(20-23-7-11-26(32)12-8-23)27-15-17-33(18-16-27)30(37)24-5-3-4-6-24/h7-14,22,24,27H,3-6,15-21H2,1-2H3. The average Bonchev–Trinajstić information content (AvgIpc) is 3.47. The van der Waals surface area contributed by atoms with Crippen LogP contribution in [-0.2, 0) is 26.2 Å². The topological polar surface area (TPSA) is 78.0 Å². The summed E-state index contributed by atoms with van der Waals surface area (Å²) in [7, 11) is -3.96. The summed E-state index contributed by atoms with van der Waals surface area (Å²) in [5, 5.41) is 0.425. The predicted molar refractivity (Wildman–Crippen MR) is 154 cm³/mol. The minimum Gasteiger partial charge on any atom is -0.342 e. The van der Waals surface area contributed by atoms with Gasteiger partial charge < -0.3 is 9.80 Å². The summed E-state index contributed by atoms with van der Waals surface area (Å²) < 4.78 is 42.0. The lowest BCUT2D eigenvalue weighted by molar-refractivity contribution is -0.139. The Kier molecular flexibility index (Phi) is 10.2. The van der Waals surface area contributed by atoms with Crippen molar-refractivity contribution in [1.29, 1.82) is 0 Å². The lowest BCUT2D eigenvalue weighted by atomic mass is 9.99. The lowest BCUT2D eigenvalue weighted by Crippen LogP contribution is -2.52. The molecule has 40 heavy (non-hydrogen) atoms. The quantitative estimate of drug-likeness (QED) is 0.374. The molecule has 1 saturated carbocycles. The number of benzene rings is 2. The van der Waals surface area contributed by atoms with Gasteiger partial charge in [0, 0.05) is 43.2 Å². The Labute approximate surface area is 242 Å². The highest BCUT2D eigenvalue weighted by atomic mass is 35.5. The largest absolute Gasteiger partial charge is 0.342 e. The fourth-order valence-electron chi connectivity index (χ4n) is 5.69. The van der Waals surface area contributed by atoms with E-state index in [1.54, 1.807) is 17.0 Å². The van der Waals surface area contributed by atoms with E-state index in [0.717, 1.165) is 31.2 Å². The third-order valence-electron chi connectivity index (χ3n) is 7.84. The third kappa shape index (κ3) is 7.62. The van der Waals surface area contributed by atoms with Crippen molar-refractivity contribution in [2.45, 2.75) is 69.9 Å². The van der Waals surface area contributed by atoms with Crippen LogP contribution >= 0.6 is 11.6 Å². The highest BCUT2D eigenvalue weighted by molar-refractivity contribution is 7.89. The summed E-state index contributed by atoms with van der Waals surface area (Å²) in [4.78, 5) is 30.6. The van der Waals surface area contributed by atoms with Crippen molar-refractivity contribution in [1.82, 2.24) is 14.1 Å². The molecule has 218 valence electrons. The van der Waals surface area contributed by atoms with Gasteiger partial charge in [-0.15, -0.1) is 0 Å². The second kappa shape index (κ2) is 13.4. The van der Waals surface area contributed by atoms with Gasteiger partial charge in [0.1, 0.15) is 5.82 Å². The first-order chi connectivity index (χ1) is 19.0. The fraction of sp³-hybridized carbons (Fsp3) is 0.533. The molecule has 0 aromatic heterocycles. The molecule has 10 heteroatoms. The summed E-state index contributed by atoms with van der Waals surface area (Å²) >= 11 is 5.97. The summed E-state index contributed by atoms with van der Waals surface area (Å²) in [6.07, 6.45) is 5.31. The maximum Gasteiger partial charge on any atom is 0.243 e. The van der Waals surface area contributed by atoms with Crippen LogP contribution in [0.5, 0.6) is 0 Å². The number of nitrogens with zero attached hydrogens (tertiary/aromatic N) is 3. The van der Waals surface area contributed by atoms with E-state index in [1.807, 2.05) is 18.7 Å². The number of carbonyl (C=O) groups excluding carboxylic acids is 2. The fourth-order valence-corrected chi connectivity index (χ4v) is 7.37. The number of piperidine rings is 1. The van der Waals surface area contributed by atoms with Crippen LogP contribution in [0.3, 0.4) is 0 Å². The first-order valence-electron chi connectivity index (χ1n) is 14.1. The van der Waals surface area contributed by atoms with Gasteiger partial charge in [-0.05, 0) is 73.6 Å². The van der Waals surface area contributed by atoms with Crippen molar-refractivity contribution in [2.24, 2.45) is 11.8 Å². The van der Waals surface area contributed by atoms with Crippen LogP contribution in [0, 0.1) is 17.7 Å². The third-order valence-corrected chi connectivity index (χ3v) is 9.92. The minimum absolute atomic E-state index is 0.00902. The molecule has 1 heterocycles. The zero-order valence-corrected chi connectivity index (χ0v) is 24.8. The van der Waals surface area contributed by atoms with E-state index in [-0.39, 0.29) is 60.0 Å². The number of carbonyl (C=O) groups is 2. The van der Waals surface area contributed by atoms with E-state index in [2.05, 4.69) is 0 Å². The first kappa shape index (κ1) is 30.5. The van der Waals surface area contributed by atoms with Crippen LogP contribution in [0.4, 0.5) is 4.39 Å². The van der Waals surface area contributed by atoms with Gasteiger partial charge in [0.15, 0.2) is 0 Å². The van der Waals surface area contributed by atoms with Crippen molar-refractivity contribution in [3.63, 3.8) is 0 Å². The van der Waals surface area contributed by atoms with E-state index in [9.17, 15) is 22.4 Å². The van der Waals surface area contributed by atoms with Crippen LogP contribution in [0.15, 0.2) is 53.4 Å². The Morgan fingerprint density at radius 1 is 0.975 bits per heavy atom. The molecule has 2 aromatic rings. The van der Waals surface area contributed by atoms with Crippen molar-refractivity contribution < 1.29 is 22.4 Å². The molecule has 0 bridgehead atoms. The number of hydrogen-bond acceptors (Lipinski definition) is 4. The molecular weight excluding hydrogens is 553 g/mol. The van der Waals surface area contributed by atoms with Crippen molar-refractivity contribution >= 4 is 33.4 Å². The molecule has 7 nitrogen and oxygen atoms in total. The number of amides is 2. The van der Waals surface area contributed by atoms with Gasteiger partial charge in [-0.2, -0.15) is 4.31 Å². The zero-order valence-electron chi connectivity index (χ0n) is 23.3. The SMILES string of the molecule is CC(C)CN(CC(=O)N(Cc1ccc(F)cc1)C1CCN(C(=O)C2CCCC2)CC1)S(=O)(=O)c1ccc(Cl)cc1. The number of sulfonamides is 1. The summed E-state index contributed by atoms with van der Waals surface area (Å²) in [6.45, 7) is 5.03. The molecular formula is C30H39ClFN3O4S. The van der Waals surface area contributed by atoms with Gasteiger partial charge in [0.25, 0.3) is 0 Å². The van der Waals surface area contributed by atoms with Gasteiger partial charge in [-0.25, -0.2) is 12.8 Å². The van der Waals surface area contributed by atoms with Crippen molar-refractivity contribution in [2.75, 3.05) is 26.2 Å². The molecule has 0 spiro atoms. The molecule has 0 radical (unpaired) electrons. The van der Waals surface area contributed by atoms with E-state index in [4.69, 9.17) is 11.6 Å². The molecule has 1 saturated heterocycles. The molecule has 2 fully saturated rings. The molecule has 2 aromatic carbocycles. The Bertz CT molecular complexity index is 1260. The Morgan fingerprint density at radius 2 is 1.57 bits per heavy atom. The molecule has 0 N–H and O–H groups in total. The van der Waals surface area contributed by atoms with Crippen LogP contribution in [0.2, 0.25) is 5.02 Å². The van der Waals surface area contributed by atoms with E-state index < -0.39 is 10.0 Å². The van der Waals surface area contributed by atoms with Crippen molar-refractivity contribution in [3.05, 3.63) is 64.9 Å². The van der Waals surface area contributed by atoms with Crippen LogP contribution < -0.4 is 0 Å². The summed E-state index contributed by atoms with van der Waals surface area (Å²) in [5.74, 6) is -0.369. The second-order valence-corrected chi connectivity index (χ2v) is 13.7. The van der Waals surface area contributed by atoms with E-state index >= 15 is 0 Å². The van der Waals surface area contributed by atoms with Gasteiger partial charge >= 0.3 is 0 Å². The number of rotatable bonds is 10. The van der Waals surface area contributed by atoms with Crippen LogP contribution in [0.25, 0.3) is 0 Å². The van der Waals surface area contributed by atoms with Gasteiger partial charge in [0.2, 0.25) is 21.8 Å². The predicted octanol–water partition coefficient (Wildman–Crippen LogP) is 5.34. The number of likely N-dealkylation sites (tertiary alicyclic amines) is 1. The lowest BCUT2D eigenvalue weighted by Gasteiger charge is -2.40. The Balaban J connectivity index is 1.54. The maximum atomic E-state index is 13.9. The molecule has 0 unspecified atom stereocenters. The van der Waals surface area contributed by atoms with Crippen molar-refractivity contribution in [3.8, 4) is 0 Å². The smallest absolute Gasteiger partial charge is 0.243 e. The first-order valence-corrected chi connectivity index (χ1v) is 15.9. The highest BCUT2D eigenvalue weighted by Crippen LogP contribution is 2.29. The van der Waals surface area contributed by atoms with Gasteiger partial charge in [-0.3, -0.25) is 9.59 Å². The van der Waals surface area contributed by atoms with Gasteiger partial charge in [0.05, 0.1) is 11.4 Å². The molecule has 1 aliphatic carbocycles. The number of hydrogen-bond donors (Lipinski definition) is 0. The van der Waals surface area contributed by atoms with Crippen LogP contribution in [-0.4, -0.2) is 66.6 Å².